The summed E-state index contributed by atoms with van der Waals surface area (Å²) in [6, 6.07) is 12.1. The minimum atomic E-state index is -0.817. The first-order valence-electron chi connectivity index (χ1n) is 6.79. The fourth-order valence-electron chi connectivity index (χ4n) is 2.08. The molecule has 3 heteroatoms. The number of rotatable bonds is 4. The maximum absolute atomic E-state index is 13.2. The van der Waals surface area contributed by atoms with Gasteiger partial charge in [-0.2, -0.15) is 0 Å². The van der Waals surface area contributed by atoms with Gasteiger partial charge in [0.05, 0.1) is 0 Å². The van der Waals surface area contributed by atoms with Gasteiger partial charge in [0, 0.05) is 11.7 Å². The van der Waals surface area contributed by atoms with Crippen LogP contribution in [-0.4, -0.2) is 0 Å². The van der Waals surface area contributed by atoms with Gasteiger partial charge in [0.2, 0.25) is 0 Å². The van der Waals surface area contributed by atoms with E-state index in [0.29, 0.717) is 5.92 Å². The minimum Gasteiger partial charge on any atom is -0.379 e. The minimum absolute atomic E-state index is 0.0880. The van der Waals surface area contributed by atoms with E-state index in [2.05, 4.69) is 31.3 Å². The molecule has 2 rings (SSSR count). The fourth-order valence-corrected chi connectivity index (χ4v) is 2.08. The predicted molar refractivity (Wildman–Crippen MR) is 78.9 cm³/mol. The maximum Gasteiger partial charge on any atom is 0.159 e. The van der Waals surface area contributed by atoms with Crippen LogP contribution in [0.1, 0.15) is 43.9 Å². The Morgan fingerprint density at radius 3 is 1.95 bits per heavy atom. The Hall–Kier alpha value is -1.90. The lowest BCUT2D eigenvalue weighted by atomic mass is 10.0. The average molecular weight is 275 g/mol. The third kappa shape index (κ3) is 3.35. The van der Waals surface area contributed by atoms with Crippen LogP contribution in [0.15, 0.2) is 42.5 Å². The molecule has 0 aromatic heterocycles. The molecule has 0 spiro atoms. The van der Waals surface area contributed by atoms with Crippen molar-refractivity contribution in [1.29, 1.82) is 0 Å². The highest BCUT2D eigenvalue weighted by Gasteiger charge is 2.09. The summed E-state index contributed by atoms with van der Waals surface area (Å²) in [5.41, 5.74) is 2.96. The summed E-state index contributed by atoms with van der Waals surface area (Å²) in [5, 5.41) is 3.28. The zero-order chi connectivity index (χ0) is 14.7. The van der Waals surface area contributed by atoms with E-state index in [9.17, 15) is 8.78 Å². The Morgan fingerprint density at radius 2 is 1.40 bits per heavy atom. The van der Waals surface area contributed by atoms with E-state index in [0.717, 1.165) is 17.3 Å². The first kappa shape index (κ1) is 14.5. The first-order valence-corrected chi connectivity index (χ1v) is 6.79. The van der Waals surface area contributed by atoms with Crippen molar-refractivity contribution in [3.63, 3.8) is 0 Å². The quantitative estimate of drug-likeness (QED) is 0.802. The number of halogens is 2. The summed E-state index contributed by atoms with van der Waals surface area (Å²) >= 11 is 0. The van der Waals surface area contributed by atoms with Gasteiger partial charge in [-0.05, 0) is 48.2 Å². The van der Waals surface area contributed by atoms with E-state index in [1.807, 2.05) is 19.1 Å². The van der Waals surface area contributed by atoms with Crippen molar-refractivity contribution in [1.82, 2.24) is 0 Å². The molecule has 0 aliphatic carbocycles. The van der Waals surface area contributed by atoms with Crippen LogP contribution in [0.5, 0.6) is 0 Å². The molecule has 0 fully saturated rings. The van der Waals surface area contributed by atoms with Crippen LogP contribution in [0.25, 0.3) is 0 Å². The predicted octanol–water partition coefficient (Wildman–Crippen LogP) is 5.26. The van der Waals surface area contributed by atoms with E-state index in [4.69, 9.17) is 0 Å². The van der Waals surface area contributed by atoms with Crippen molar-refractivity contribution < 1.29 is 8.78 Å². The van der Waals surface area contributed by atoms with Gasteiger partial charge in [-0.1, -0.05) is 32.0 Å². The van der Waals surface area contributed by atoms with E-state index in [-0.39, 0.29) is 6.04 Å². The smallest absolute Gasteiger partial charge is 0.159 e. The van der Waals surface area contributed by atoms with Crippen LogP contribution >= 0.6 is 0 Å². The highest BCUT2D eigenvalue weighted by Crippen LogP contribution is 2.23. The Morgan fingerprint density at radius 1 is 0.800 bits per heavy atom. The highest BCUT2D eigenvalue weighted by molar-refractivity contribution is 5.47. The van der Waals surface area contributed by atoms with Gasteiger partial charge in [0.1, 0.15) is 0 Å². The topological polar surface area (TPSA) is 12.0 Å². The summed E-state index contributed by atoms with van der Waals surface area (Å²) in [7, 11) is 0. The molecule has 1 atom stereocenters. The number of nitrogens with one attached hydrogen (secondary N) is 1. The third-order valence-corrected chi connectivity index (χ3v) is 3.40. The molecular formula is C17H19F2N. The second-order valence-electron chi connectivity index (χ2n) is 5.32. The van der Waals surface area contributed by atoms with E-state index < -0.39 is 11.6 Å². The molecule has 0 bridgehead atoms. The second kappa shape index (κ2) is 6.04. The summed E-state index contributed by atoms with van der Waals surface area (Å²) in [5.74, 6) is -1.14. The molecule has 2 aromatic carbocycles. The lowest BCUT2D eigenvalue weighted by molar-refractivity contribution is 0.506. The molecule has 0 saturated carbocycles. The lowest BCUT2D eigenvalue weighted by Gasteiger charge is -2.16. The molecule has 20 heavy (non-hydrogen) atoms. The molecule has 0 amide bonds. The van der Waals surface area contributed by atoms with Crippen LogP contribution in [0.2, 0.25) is 0 Å². The highest BCUT2D eigenvalue weighted by atomic mass is 19.2. The van der Waals surface area contributed by atoms with E-state index in [1.165, 1.54) is 11.6 Å². The van der Waals surface area contributed by atoms with E-state index in [1.54, 1.807) is 6.07 Å². The van der Waals surface area contributed by atoms with Crippen LogP contribution in [0.3, 0.4) is 0 Å². The Kier molecular flexibility index (Phi) is 4.38. The first-order chi connectivity index (χ1) is 9.47. The number of hydrogen-bond donors (Lipinski definition) is 1. The molecule has 106 valence electrons. The lowest BCUT2D eigenvalue weighted by Crippen LogP contribution is -2.07. The van der Waals surface area contributed by atoms with Gasteiger partial charge < -0.3 is 5.32 Å². The second-order valence-corrected chi connectivity index (χ2v) is 5.32. The summed E-state index contributed by atoms with van der Waals surface area (Å²) in [4.78, 5) is 0. The van der Waals surface area contributed by atoms with Crippen LogP contribution in [-0.2, 0) is 0 Å². The number of anilines is 1. The maximum atomic E-state index is 13.2. The van der Waals surface area contributed by atoms with Gasteiger partial charge in [-0.3, -0.25) is 0 Å². The molecule has 0 radical (unpaired) electrons. The standard InChI is InChI=1S/C17H19F2N/c1-11(2)13-4-7-15(8-5-13)20-12(3)14-6-9-16(18)17(19)10-14/h4-12,20H,1-3H3. The van der Waals surface area contributed by atoms with Crippen molar-refractivity contribution in [3.8, 4) is 0 Å². The molecule has 0 heterocycles. The zero-order valence-corrected chi connectivity index (χ0v) is 12.0. The summed E-state index contributed by atoms with van der Waals surface area (Å²) in [6.07, 6.45) is 0. The SMILES string of the molecule is CC(C)c1ccc(NC(C)c2ccc(F)c(F)c2)cc1. The normalized spacial score (nSPS) is 12.5. The van der Waals surface area contributed by atoms with Crippen molar-refractivity contribution in [2.75, 3.05) is 5.32 Å². The molecular weight excluding hydrogens is 256 g/mol. The van der Waals surface area contributed by atoms with Crippen molar-refractivity contribution in [2.24, 2.45) is 0 Å². The molecule has 0 aliphatic heterocycles. The van der Waals surface area contributed by atoms with Crippen molar-refractivity contribution >= 4 is 5.69 Å². The van der Waals surface area contributed by atoms with Crippen LogP contribution in [0.4, 0.5) is 14.5 Å². The fraction of sp³-hybridized carbons (Fsp3) is 0.294. The monoisotopic (exact) mass is 275 g/mol. The molecule has 0 saturated heterocycles. The van der Waals surface area contributed by atoms with Gasteiger partial charge in [-0.25, -0.2) is 8.78 Å². The largest absolute Gasteiger partial charge is 0.379 e. The van der Waals surface area contributed by atoms with Crippen molar-refractivity contribution in [2.45, 2.75) is 32.7 Å². The van der Waals surface area contributed by atoms with Crippen LogP contribution < -0.4 is 5.32 Å². The zero-order valence-electron chi connectivity index (χ0n) is 12.0. The summed E-state index contributed by atoms with van der Waals surface area (Å²) < 4.78 is 26.1. The number of benzene rings is 2. The van der Waals surface area contributed by atoms with Gasteiger partial charge >= 0.3 is 0 Å². The molecule has 1 nitrogen and oxygen atoms in total. The van der Waals surface area contributed by atoms with Gasteiger partial charge in [0.15, 0.2) is 11.6 Å². The van der Waals surface area contributed by atoms with Crippen molar-refractivity contribution in [3.05, 3.63) is 65.2 Å². The average Bonchev–Trinajstić information content (AvgIpc) is 2.42. The Labute approximate surface area is 118 Å². The Balaban J connectivity index is 2.10. The Bertz CT molecular complexity index is 576. The summed E-state index contributed by atoms with van der Waals surface area (Å²) in [6.45, 7) is 6.21. The van der Waals surface area contributed by atoms with Gasteiger partial charge in [-0.15, -0.1) is 0 Å². The van der Waals surface area contributed by atoms with Crippen LogP contribution in [0, 0.1) is 11.6 Å². The van der Waals surface area contributed by atoms with Gasteiger partial charge in [0.25, 0.3) is 0 Å². The molecule has 2 aromatic rings. The number of hydrogen-bond acceptors (Lipinski definition) is 1. The third-order valence-electron chi connectivity index (χ3n) is 3.40. The molecule has 0 aliphatic rings. The molecule has 1 N–H and O–H groups in total. The van der Waals surface area contributed by atoms with E-state index >= 15 is 0 Å². The molecule has 1 unspecified atom stereocenters.